The number of pyridine rings is 3. The van der Waals surface area contributed by atoms with Gasteiger partial charge in [0.05, 0.1) is 12.1 Å². The van der Waals surface area contributed by atoms with Crippen LogP contribution >= 0.6 is 0 Å². The molecule has 3 aromatic carbocycles. The molecule has 4 N–H and O–H groups in total. The molecule has 0 spiro atoms. The molecule has 10 heteroatoms. The molecule has 0 fully saturated rings. The number of hydrogen-bond donors (Lipinski definition) is 4. The predicted octanol–water partition coefficient (Wildman–Crippen LogP) is 10.4. The van der Waals surface area contributed by atoms with Crippen LogP contribution in [0.4, 0.5) is 5.69 Å². The number of amides is 2. The number of carbonyl (C=O) groups excluding carboxylic acids is 2. The molecule has 3 aromatic heterocycles. The maximum absolute atomic E-state index is 12.8. The quantitative estimate of drug-likeness (QED) is 0.0852. The van der Waals surface area contributed by atoms with Crippen molar-refractivity contribution in [2.45, 2.75) is 105 Å². The summed E-state index contributed by atoms with van der Waals surface area (Å²) in [5, 5.41) is 30.4. The van der Waals surface area contributed by atoms with Gasteiger partial charge in [0.25, 0.3) is 0 Å². The molecular weight excluding hydrogens is 749 g/mol. The zero-order valence-electron chi connectivity index (χ0n) is 36.7. The molecule has 0 aliphatic carbocycles. The van der Waals surface area contributed by atoms with Gasteiger partial charge in [0.1, 0.15) is 22.5 Å². The highest BCUT2D eigenvalue weighted by Gasteiger charge is 2.28. The van der Waals surface area contributed by atoms with Crippen molar-refractivity contribution in [2.75, 3.05) is 18.0 Å². The van der Waals surface area contributed by atoms with Gasteiger partial charge in [-0.1, -0.05) is 78.3 Å². The Hall–Kier alpha value is -6.03. The summed E-state index contributed by atoms with van der Waals surface area (Å²) >= 11 is 0. The van der Waals surface area contributed by atoms with Crippen molar-refractivity contribution in [3.05, 3.63) is 131 Å². The van der Waals surface area contributed by atoms with Crippen molar-refractivity contribution in [2.24, 2.45) is 5.92 Å². The maximum Gasteiger partial charge on any atom is 0.221 e. The van der Waals surface area contributed by atoms with Crippen LogP contribution in [0, 0.1) is 12.8 Å². The van der Waals surface area contributed by atoms with Gasteiger partial charge in [-0.3, -0.25) is 24.5 Å². The summed E-state index contributed by atoms with van der Waals surface area (Å²) in [4.78, 5) is 40.7. The van der Waals surface area contributed by atoms with Gasteiger partial charge in [-0.05, 0) is 103 Å². The van der Waals surface area contributed by atoms with Crippen LogP contribution in [0.5, 0.6) is 11.5 Å². The second kappa shape index (κ2) is 20.3. The molecule has 0 bridgehead atoms. The molecular formula is C50H62N6O4. The topological polar surface area (TPSA) is 141 Å². The molecule has 3 atom stereocenters. The van der Waals surface area contributed by atoms with E-state index < -0.39 is 12.1 Å². The Morgan fingerprint density at radius 3 is 1.92 bits per heavy atom. The van der Waals surface area contributed by atoms with Crippen LogP contribution in [0.3, 0.4) is 0 Å². The normalized spacial score (nSPS) is 12.9. The Labute approximate surface area is 355 Å². The van der Waals surface area contributed by atoms with E-state index in [0.29, 0.717) is 35.0 Å². The Balaban J connectivity index is 0.000000228. The number of aromatic hydroxyl groups is 2. The highest BCUT2D eigenvalue weighted by atomic mass is 16.3. The van der Waals surface area contributed by atoms with Crippen molar-refractivity contribution in [1.82, 2.24) is 25.6 Å². The number of nitrogens with one attached hydrogen (secondary N) is 2. The number of carbonyl (C=O) groups is 2. The summed E-state index contributed by atoms with van der Waals surface area (Å²) in [7, 11) is 0. The molecule has 0 aliphatic rings. The predicted molar refractivity (Wildman–Crippen MR) is 243 cm³/mol. The zero-order chi connectivity index (χ0) is 43.6. The third-order valence-corrected chi connectivity index (χ3v) is 11.1. The van der Waals surface area contributed by atoms with Crippen molar-refractivity contribution in [1.29, 1.82) is 0 Å². The molecule has 0 aliphatic heterocycles. The van der Waals surface area contributed by atoms with Gasteiger partial charge in [0, 0.05) is 78.3 Å². The average Bonchev–Trinajstić information content (AvgIpc) is 3.24. The van der Waals surface area contributed by atoms with E-state index in [1.165, 1.54) is 0 Å². The monoisotopic (exact) mass is 810 g/mol. The lowest BCUT2D eigenvalue weighted by Crippen LogP contribution is -2.31. The summed E-state index contributed by atoms with van der Waals surface area (Å²) in [5.74, 6) is 0.420. The molecule has 6 aromatic rings. The van der Waals surface area contributed by atoms with Crippen LogP contribution in [0.2, 0.25) is 0 Å². The number of benzene rings is 3. The summed E-state index contributed by atoms with van der Waals surface area (Å²) in [6.45, 7) is 20.6. The van der Waals surface area contributed by atoms with E-state index >= 15 is 0 Å². The first-order valence-corrected chi connectivity index (χ1v) is 21.2. The number of fused-ring (bicyclic) bond motifs is 2. The number of phenols is 2. The van der Waals surface area contributed by atoms with E-state index in [4.69, 9.17) is 0 Å². The van der Waals surface area contributed by atoms with Crippen LogP contribution in [0.25, 0.3) is 21.8 Å². The van der Waals surface area contributed by atoms with Gasteiger partial charge in [0.2, 0.25) is 11.8 Å². The third kappa shape index (κ3) is 10.6. The zero-order valence-corrected chi connectivity index (χ0v) is 36.7. The van der Waals surface area contributed by atoms with Gasteiger partial charge in [0.15, 0.2) is 0 Å². The van der Waals surface area contributed by atoms with E-state index in [9.17, 15) is 19.8 Å². The van der Waals surface area contributed by atoms with Crippen LogP contribution in [-0.2, 0) is 15.0 Å². The fraction of sp³-hybridized carbons (Fsp3) is 0.380. The smallest absolute Gasteiger partial charge is 0.221 e. The molecule has 0 saturated carbocycles. The SMILES string of the molecule is CCC(C)CC(=O)NC(c1cccnc1)c1cc(C(C)(C)C)c2cccnc2c1O.CCCC(=O)NC(c1cccc(N(CC)CC)c1)c1cc(C)c2cccnc2c1O. The number of phenolic OH excluding ortho intramolecular Hbond substituents is 2. The van der Waals surface area contributed by atoms with E-state index in [-0.39, 0.29) is 34.6 Å². The van der Waals surface area contributed by atoms with Crippen LogP contribution < -0.4 is 15.5 Å². The summed E-state index contributed by atoms with van der Waals surface area (Å²) in [6, 6.07) is 22.6. The van der Waals surface area contributed by atoms with E-state index in [0.717, 1.165) is 64.6 Å². The lowest BCUT2D eigenvalue weighted by molar-refractivity contribution is -0.123. The lowest BCUT2D eigenvalue weighted by Gasteiger charge is -2.27. The first-order valence-electron chi connectivity index (χ1n) is 21.2. The first-order chi connectivity index (χ1) is 28.7. The van der Waals surface area contributed by atoms with E-state index in [1.54, 1.807) is 24.8 Å². The highest BCUT2D eigenvalue weighted by molar-refractivity contribution is 5.91. The molecule has 316 valence electrons. The number of aryl methyl sites for hydroxylation is 1. The Morgan fingerprint density at radius 2 is 1.32 bits per heavy atom. The maximum atomic E-state index is 12.8. The molecule has 0 saturated heterocycles. The van der Waals surface area contributed by atoms with Crippen LogP contribution in [0.15, 0.2) is 97.6 Å². The minimum absolute atomic E-state index is 0.0334. The van der Waals surface area contributed by atoms with Gasteiger partial charge < -0.3 is 25.7 Å². The molecule has 6 rings (SSSR count). The largest absolute Gasteiger partial charge is 0.505 e. The number of hydrogen-bond acceptors (Lipinski definition) is 8. The van der Waals surface area contributed by atoms with Crippen molar-refractivity contribution >= 4 is 39.3 Å². The van der Waals surface area contributed by atoms with Gasteiger partial charge >= 0.3 is 0 Å². The molecule has 3 unspecified atom stereocenters. The molecule has 3 heterocycles. The Bertz CT molecular complexity index is 2390. The second-order valence-electron chi connectivity index (χ2n) is 16.6. The summed E-state index contributed by atoms with van der Waals surface area (Å²) < 4.78 is 0. The highest BCUT2D eigenvalue weighted by Crippen LogP contribution is 2.41. The third-order valence-electron chi connectivity index (χ3n) is 11.1. The molecule has 2 amide bonds. The van der Waals surface area contributed by atoms with E-state index in [1.807, 2.05) is 74.5 Å². The summed E-state index contributed by atoms with van der Waals surface area (Å²) in [5.41, 5.74) is 7.19. The van der Waals surface area contributed by atoms with Crippen molar-refractivity contribution < 1.29 is 19.8 Å². The molecule has 0 radical (unpaired) electrons. The number of anilines is 1. The van der Waals surface area contributed by atoms with Crippen molar-refractivity contribution in [3.8, 4) is 11.5 Å². The van der Waals surface area contributed by atoms with Gasteiger partial charge in [-0.25, -0.2) is 0 Å². The second-order valence-corrected chi connectivity index (χ2v) is 16.6. The average molecular weight is 811 g/mol. The minimum atomic E-state index is -0.511. The Morgan fingerprint density at radius 1 is 0.733 bits per heavy atom. The van der Waals surface area contributed by atoms with Gasteiger partial charge in [-0.15, -0.1) is 0 Å². The Kier molecular flexibility index (Phi) is 15.2. The van der Waals surface area contributed by atoms with Crippen LogP contribution in [0.1, 0.15) is 127 Å². The lowest BCUT2D eigenvalue weighted by atomic mass is 9.81. The van der Waals surface area contributed by atoms with Gasteiger partial charge in [-0.2, -0.15) is 0 Å². The molecule has 60 heavy (non-hydrogen) atoms. The fourth-order valence-electron chi connectivity index (χ4n) is 7.60. The first kappa shape index (κ1) is 45.1. The summed E-state index contributed by atoms with van der Waals surface area (Å²) in [6.07, 6.45) is 9.36. The van der Waals surface area contributed by atoms with E-state index in [2.05, 4.69) is 91.1 Å². The van der Waals surface area contributed by atoms with Crippen LogP contribution in [-0.4, -0.2) is 50.1 Å². The number of aromatic nitrogens is 3. The number of nitrogens with zero attached hydrogens (tertiary/aromatic N) is 4. The van der Waals surface area contributed by atoms with Crippen molar-refractivity contribution in [3.63, 3.8) is 0 Å². The molecule has 10 nitrogen and oxygen atoms in total. The number of rotatable bonds is 14. The minimum Gasteiger partial charge on any atom is -0.505 e. The standard InChI is InChI=1S/2C25H31N3O2/c1-6-16(2)13-21(29)28-22(17-9-7-11-26-15-17)19-14-20(25(3,4)5)18-10-8-12-27-23(18)24(19)30;1-5-10-22(29)27-23(18-11-8-12-19(16-18)28(6-2)7-3)21-15-17(4)20-13-9-14-26-24(20)25(21)30/h7-12,14-16,22,30H,6,13H2,1-5H3,(H,28,29);8-9,11-16,23,30H,5-7,10H2,1-4H3,(H,27,29). The fourth-order valence-corrected chi connectivity index (χ4v) is 7.60.